The molecule has 1 aromatic rings. The topological polar surface area (TPSA) is 51.4 Å². The number of aromatic nitrogens is 1. The zero-order chi connectivity index (χ0) is 12.1. The standard InChI is InChI=1S/C13H21N3O/c1-16(10-13-4-2-3-7-17-13)9-12-6-5-11(14)8-15-12/h5-6,8,13H,2-4,7,9-10,14H2,1H3. The van der Waals surface area contributed by atoms with Crippen LogP contribution < -0.4 is 5.73 Å². The minimum Gasteiger partial charge on any atom is -0.397 e. The van der Waals surface area contributed by atoms with Crippen LogP contribution in [0.2, 0.25) is 0 Å². The molecule has 4 nitrogen and oxygen atoms in total. The normalized spacial score (nSPS) is 20.7. The van der Waals surface area contributed by atoms with Gasteiger partial charge < -0.3 is 10.5 Å². The van der Waals surface area contributed by atoms with Gasteiger partial charge in [-0.1, -0.05) is 0 Å². The smallest absolute Gasteiger partial charge is 0.0702 e. The highest BCUT2D eigenvalue weighted by atomic mass is 16.5. The van der Waals surface area contributed by atoms with Crippen LogP contribution in [-0.4, -0.2) is 36.2 Å². The van der Waals surface area contributed by atoms with Crippen LogP contribution in [0.1, 0.15) is 25.0 Å². The van der Waals surface area contributed by atoms with E-state index in [4.69, 9.17) is 10.5 Å². The molecule has 1 aliphatic rings. The Morgan fingerprint density at radius 3 is 3.00 bits per heavy atom. The Labute approximate surface area is 103 Å². The van der Waals surface area contributed by atoms with Gasteiger partial charge in [0.25, 0.3) is 0 Å². The van der Waals surface area contributed by atoms with E-state index in [1.165, 1.54) is 19.3 Å². The maximum atomic E-state index is 5.72. The molecular formula is C13H21N3O. The van der Waals surface area contributed by atoms with Gasteiger partial charge >= 0.3 is 0 Å². The van der Waals surface area contributed by atoms with Crippen molar-refractivity contribution in [2.45, 2.75) is 31.9 Å². The third kappa shape index (κ3) is 3.98. The number of hydrogen-bond donors (Lipinski definition) is 1. The minimum absolute atomic E-state index is 0.391. The fraction of sp³-hybridized carbons (Fsp3) is 0.615. The Balaban J connectivity index is 1.79. The van der Waals surface area contributed by atoms with E-state index in [1.54, 1.807) is 6.20 Å². The Kier molecular flexibility index (Phi) is 4.34. The van der Waals surface area contributed by atoms with Gasteiger partial charge in [-0.15, -0.1) is 0 Å². The van der Waals surface area contributed by atoms with E-state index in [0.29, 0.717) is 11.8 Å². The number of anilines is 1. The summed E-state index contributed by atoms with van der Waals surface area (Å²) >= 11 is 0. The first kappa shape index (κ1) is 12.3. The quantitative estimate of drug-likeness (QED) is 0.862. The van der Waals surface area contributed by atoms with Crippen molar-refractivity contribution < 1.29 is 4.74 Å². The molecule has 0 spiro atoms. The second kappa shape index (κ2) is 5.98. The largest absolute Gasteiger partial charge is 0.397 e. The summed E-state index contributed by atoms with van der Waals surface area (Å²) in [5.74, 6) is 0. The van der Waals surface area contributed by atoms with Gasteiger partial charge in [0.2, 0.25) is 0 Å². The van der Waals surface area contributed by atoms with Crippen LogP contribution in [-0.2, 0) is 11.3 Å². The third-order valence-electron chi connectivity index (χ3n) is 3.07. The van der Waals surface area contributed by atoms with Gasteiger partial charge in [-0.05, 0) is 38.4 Å². The van der Waals surface area contributed by atoms with Crippen LogP contribution in [0.15, 0.2) is 18.3 Å². The molecule has 4 heteroatoms. The molecule has 1 atom stereocenters. The van der Waals surface area contributed by atoms with Crippen molar-refractivity contribution >= 4 is 5.69 Å². The lowest BCUT2D eigenvalue weighted by atomic mass is 10.1. The average Bonchev–Trinajstić information content (AvgIpc) is 2.33. The fourth-order valence-electron chi connectivity index (χ4n) is 2.17. The van der Waals surface area contributed by atoms with Crippen molar-refractivity contribution in [3.63, 3.8) is 0 Å². The molecular weight excluding hydrogens is 214 g/mol. The number of rotatable bonds is 4. The first-order valence-corrected chi connectivity index (χ1v) is 6.24. The van der Waals surface area contributed by atoms with E-state index in [1.807, 2.05) is 12.1 Å². The third-order valence-corrected chi connectivity index (χ3v) is 3.07. The van der Waals surface area contributed by atoms with Crippen LogP contribution in [0.3, 0.4) is 0 Å². The molecule has 17 heavy (non-hydrogen) atoms. The molecule has 2 N–H and O–H groups in total. The Morgan fingerprint density at radius 1 is 1.47 bits per heavy atom. The van der Waals surface area contributed by atoms with Gasteiger partial charge in [-0.25, -0.2) is 0 Å². The molecule has 2 rings (SSSR count). The van der Waals surface area contributed by atoms with Crippen LogP contribution in [0.25, 0.3) is 0 Å². The highest BCUT2D eigenvalue weighted by Gasteiger charge is 2.15. The van der Waals surface area contributed by atoms with E-state index in [-0.39, 0.29) is 0 Å². The van der Waals surface area contributed by atoms with E-state index in [9.17, 15) is 0 Å². The molecule has 0 amide bonds. The first-order chi connectivity index (χ1) is 8.24. The lowest BCUT2D eigenvalue weighted by Gasteiger charge is -2.27. The summed E-state index contributed by atoms with van der Waals surface area (Å²) in [5.41, 5.74) is 7.38. The Hall–Kier alpha value is -1.13. The Bertz CT molecular complexity index is 333. The lowest BCUT2D eigenvalue weighted by Crippen LogP contribution is -2.33. The number of ether oxygens (including phenoxy) is 1. The zero-order valence-corrected chi connectivity index (χ0v) is 10.4. The monoisotopic (exact) mass is 235 g/mol. The second-order valence-electron chi connectivity index (χ2n) is 4.77. The number of nitrogens with zero attached hydrogens (tertiary/aromatic N) is 2. The van der Waals surface area contributed by atoms with Crippen molar-refractivity contribution in [1.82, 2.24) is 9.88 Å². The van der Waals surface area contributed by atoms with E-state index in [0.717, 1.165) is 25.4 Å². The molecule has 94 valence electrons. The molecule has 0 saturated carbocycles. The Morgan fingerprint density at radius 2 is 2.35 bits per heavy atom. The molecule has 2 heterocycles. The van der Waals surface area contributed by atoms with Gasteiger partial charge in [0.1, 0.15) is 0 Å². The van der Waals surface area contributed by atoms with Crippen LogP contribution in [0, 0.1) is 0 Å². The molecule has 1 unspecified atom stereocenters. The summed E-state index contributed by atoms with van der Waals surface area (Å²) in [6, 6.07) is 3.88. The number of nitrogen functional groups attached to an aromatic ring is 1. The fourth-order valence-corrected chi connectivity index (χ4v) is 2.17. The first-order valence-electron chi connectivity index (χ1n) is 6.24. The summed E-state index contributed by atoms with van der Waals surface area (Å²) in [4.78, 5) is 6.56. The molecule has 0 radical (unpaired) electrons. The average molecular weight is 235 g/mol. The van der Waals surface area contributed by atoms with Gasteiger partial charge in [0.15, 0.2) is 0 Å². The summed E-state index contributed by atoms with van der Waals surface area (Å²) in [5, 5.41) is 0. The SMILES string of the molecule is CN(Cc1ccc(N)cn1)CC1CCCCO1. The molecule has 1 aliphatic heterocycles. The summed E-state index contributed by atoms with van der Waals surface area (Å²) < 4.78 is 5.72. The predicted molar refractivity (Wildman–Crippen MR) is 68.6 cm³/mol. The van der Waals surface area contributed by atoms with Crippen molar-refractivity contribution in [2.24, 2.45) is 0 Å². The minimum atomic E-state index is 0.391. The van der Waals surface area contributed by atoms with Gasteiger partial charge in [0.05, 0.1) is 23.7 Å². The highest BCUT2D eigenvalue weighted by Crippen LogP contribution is 2.14. The van der Waals surface area contributed by atoms with Gasteiger partial charge in [0, 0.05) is 19.7 Å². The van der Waals surface area contributed by atoms with E-state index in [2.05, 4.69) is 16.9 Å². The number of nitrogens with two attached hydrogens (primary N) is 1. The van der Waals surface area contributed by atoms with Gasteiger partial charge in [-0.3, -0.25) is 9.88 Å². The van der Waals surface area contributed by atoms with Crippen LogP contribution in [0.4, 0.5) is 5.69 Å². The van der Waals surface area contributed by atoms with Crippen molar-refractivity contribution in [3.05, 3.63) is 24.0 Å². The van der Waals surface area contributed by atoms with Crippen molar-refractivity contribution in [2.75, 3.05) is 25.9 Å². The summed E-state index contributed by atoms with van der Waals surface area (Å²) in [6.45, 7) is 2.74. The van der Waals surface area contributed by atoms with E-state index >= 15 is 0 Å². The van der Waals surface area contributed by atoms with Crippen LogP contribution in [0.5, 0.6) is 0 Å². The number of likely N-dealkylation sites (N-methyl/N-ethyl adjacent to an activating group) is 1. The highest BCUT2D eigenvalue weighted by molar-refractivity contribution is 5.34. The lowest BCUT2D eigenvalue weighted by molar-refractivity contribution is -0.00274. The molecule has 0 aromatic carbocycles. The maximum Gasteiger partial charge on any atom is 0.0702 e. The van der Waals surface area contributed by atoms with Crippen LogP contribution >= 0.6 is 0 Å². The molecule has 0 bridgehead atoms. The second-order valence-corrected chi connectivity index (χ2v) is 4.77. The van der Waals surface area contributed by atoms with Gasteiger partial charge in [-0.2, -0.15) is 0 Å². The molecule has 1 aromatic heterocycles. The molecule has 0 aliphatic carbocycles. The molecule has 1 saturated heterocycles. The van der Waals surface area contributed by atoms with Crippen molar-refractivity contribution in [1.29, 1.82) is 0 Å². The van der Waals surface area contributed by atoms with Crippen molar-refractivity contribution in [3.8, 4) is 0 Å². The number of hydrogen-bond acceptors (Lipinski definition) is 4. The maximum absolute atomic E-state index is 5.72. The van der Waals surface area contributed by atoms with E-state index < -0.39 is 0 Å². The molecule has 1 fully saturated rings. The zero-order valence-electron chi connectivity index (χ0n) is 10.4. The predicted octanol–water partition coefficient (Wildman–Crippen LogP) is 1.66. The summed E-state index contributed by atoms with van der Waals surface area (Å²) in [7, 11) is 2.11. The summed E-state index contributed by atoms with van der Waals surface area (Å²) in [6.07, 6.45) is 5.78. The number of pyridine rings is 1.